The first-order valence-electron chi connectivity index (χ1n) is 8.23. The quantitative estimate of drug-likeness (QED) is 0.871. The summed E-state index contributed by atoms with van der Waals surface area (Å²) in [5, 5.41) is 9.37. The van der Waals surface area contributed by atoms with Gasteiger partial charge in [-0.3, -0.25) is 0 Å². The second-order valence-corrected chi connectivity index (χ2v) is 6.84. The molecule has 0 aromatic heterocycles. The van der Waals surface area contributed by atoms with Crippen molar-refractivity contribution in [1.29, 1.82) is 0 Å². The maximum atomic E-state index is 12.6. The van der Waals surface area contributed by atoms with Crippen molar-refractivity contribution in [3.05, 3.63) is 0 Å². The summed E-state index contributed by atoms with van der Waals surface area (Å²) in [6, 6.07) is -0.769. The molecule has 2 fully saturated rings. The van der Waals surface area contributed by atoms with Crippen LogP contribution in [0.4, 0.5) is 4.79 Å². The van der Waals surface area contributed by atoms with Crippen LogP contribution in [0.3, 0.4) is 0 Å². The van der Waals surface area contributed by atoms with Crippen molar-refractivity contribution in [2.75, 3.05) is 20.1 Å². The monoisotopic (exact) mass is 296 g/mol. The minimum Gasteiger partial charge on any atom is -0.480 e. The van der Waals surface area contributed by atoms with Gasteiger partial charge in [-0.15, -0.1) is 0 Å². The fourth-order valence-corrected chi connectivity index (χ4v) is 3.66. The standard InChI is InChI=1S/C16H28N2O3/c1-12-8-9-18(14(10-12)15(19)20)16(21)17(2)11-13-6-4-3-5-7-13/h12-14H,3-11H2,1-2H3,(H,19,20). The van der Waals surface area contributed by atoms with Gasteiger partial charge in [0, 0.05) is 20.1 Å². The van der Waals surface area contributed by atoms with E-state index in [9.17, 15) is 14.7 Å². The highest BCUT2D eigenvalue weighted by Crippen LogP contribution is 2.26. The number of carbonyl (C=O) groups excluding carboxylic acids is 1. The summed E-state index contributed by atoms with van der Waals surface area (Å²) in [5.74, 6) is 0.0828. The fourth-order valence-electron chi connectivity index (χ4n) is 3.66. The van der Waals surface area contributed by atoms with Crippen molar-refractivity contribution in [2.24, 2.45) is 11.8 Å². The number of aliphatic carboxylic acids is 1. The molecule has 2 atom stereocenters. The van der Waals surface area contributed by atoms with Crippen molar-refractivity contribution in [1.82, 2.24) is 9.80 Å². The van der Waals surface area contributed by atoms with Crippen LogP contribution in [0.25, 0.3) is 0 Å². The van der Waals surface area contributed by atoms with Gasteiger partial charge in [0.05, 0.1) is 0 Å². The molecule has 5 heteroatoms. The van der Waals surface area contributed by atoms with Crippen molar-refractivity contribution >= 4 is 12.0 Å². The molecule has 0 radical (unpaired) electrons. The van der Waals surface area contributed by atoms with Crippen LogP contribution in [-0.2, 0) is 4.79 Å². The SMILES string of the molecule is CC1CCN(C(=O)N(C)CC2CCCCC2)C(C(=O)O)C1. The van der Waals surface area contributed by atoms with E-state index in [2.05, 4.69) is 6.92 Å². The molecular formula is C16H28N2O3. The maximum absolute atomic E-state index is 12.6. The Hall–Kier alpha value is -1.26. The molecule has 0 spiro atoms. The van der Waals surface area contributed by atoms with Gasteiger partial charge < -0.3 is 14.9 Å². The van der Waals surface area contributed by atoms with Crippen LogP contribution in [0.1, 0.15) is 51.9 Å². The number of carboxylic acids is 1. The Morgan fingerprint density at radius 2 is 1.86 bits per heavy atom. The first kappa shape index (κ1) is 16.1. The summed E-state index contributed by atoms with van der Waals surface area (Å²) in [4.78, 5) is 27.3. The van der Waals surface area contributed by atoms with E-state index < -0.39 is 12.0 Å². The zero-order chi connectivity index (χ0) is 15.4. The van der Waals surface area contributed by atoms with Gasteiger partial charge in [-0.1, -0.05) is 26.2 Å². The summed E-state index contributed by atoms with van der Waals surface area (Å²) < 4.78 is 0. The Morgan fingerprint density at radius 3 is 2.48 bits per heavy atom. The molecule has 2 aliphatic rings. The number of amides is 2. The molecule has 5 nitrogen and oxygen atoms in total. The molecule has 1 saturated carbocycles. The van der Waals surface area contributed by atoms with Gasteiger partial charge in [-0.05, 0) is 37.5 Å². The van der Waals surface area contributed by atoms with Crippen LogP contribution < -0.4 is 0 Å². The number of likely N-dealkylation sites (tertiary alicyclic amines) is 1. The largest absolute Gasteiger partial charge is 0.480 e. The second-order valence-electron chi connectivity index (χ2n) is 6.84. The molecule has 1 saturated heterocycles. The molecule has 2 unspecified atom stereocenters. The van der Waals surface area contributed by atoms with Crippen LogP contribution >= 0.6 is 0 Å². The van der Waals surface area contributed by atoms with Gasteiger partial charge in [0.15, 0.2) is 0 Å². The molecule has 1 heterocycles. The highest BCUT2D eigenvalue weighted by Gasteiger charge is 2.36. The minimum atomic E-state index is -0.874. The summed E-state index contributed by atoms with van der Waals surface area (Å²) in [6.07, 6.45) is 7.66. The van der Waals surface area contributed by atoms with E-state index in [4.69, 9.17) is 0 Å². The number of nitrogens with zero attached hydrogens (tertiary/aromatic N) is 2. The number of hydrogen-bond acceptors (Lipinski definition) is 2. The molecule has 0 aromatic rings. The number of piperidine rings is 1. The lowest BCUT2D eigenvalue weighted by atomic mass is 9.89. The fraction of sp³-hybridized carbons (Fsp3) is 0.875. The van der Waals surface area contributed by atoms with Crippen LogP contribution in [0, 0.1) is 11.8 Å². The number of carbonyl (C=O) groups is 2. The molecule has 2 rings (SSSR count). The van der Waals surface area contributed by atoms with Gasteiger partial charge >= 0.3 is 12.0 Å². The molecule has 2 amide bonds. The summed E-state index contributed by atoms with van der Waals surface area (Å²) in [6.45, 7) is 3.38. The Kier molecular flexibility index (Phi) is 5.48. The zero-order valence-corrected chi connectivity index (χ0v) is 13.3. The van der Waals surface area contributed by atoms with Gasteiger partial charge in [-0.25, -0.2) is 9.59 Å². The van der Waals surface area contributed by atoms with Crippen molar-refractivity contribution in [3.8, 4) is 0 Å². The van der Waals surface area contributed by atoms with E-state index in [1.807, 2.05) is 7.05 Å². The van der Waals surface area contributed by atoms with Crippen LogP contribution in [0.15, 0.2) is 0 Å². The summed E-state index contributed by atoms with van der Waals surface area (Å²) >= 11 is 0. The van der Waals surface area contributed by atoms with Gasteiger partial charge in [0.25, 0.3) is 0 Å². The van der Waals surface area contributed by atoms with E-state index in [0.29, 0.717) is 24.8 Å². The third-order valence-electron chi connectivity index (χ3n) is 4.98. The summed E-state index contributed by atoms with van der Waals surface area (Å²) in [7, 11) is 1.81. The molecule has 0 bridgehead atoms. The van der Waals surface area contributed by atoms with Crippen LogP contribution in [0.2, 0.25) is 0 Å². The first-order chi connectivity index (χ1) is 9.99. The van der Waals surface area contributed by atoms with Crippen molar-refractivity contribution < 1.29 is 14.7 Å². The number of rotatable bonds is 3. The Bertz CT molecular complexity index is 380. The molecule has 21 heavy (non-hydrogen) atoms. The third kappa shape index (κ3) is 4.11. The number of hydrogen-bond donors (Lipinski definition) is 1. The zero-order valence-electron chi connectivity index (χ0n) is 13.3. The minimum absolute atomic E-state index is 0.111. The predicted molar refractivity (Wildman–Crippen MR) is 81.1 cm³/mol. The highest BCUT2D eigenvalue weighted by molar-refractivity contribution is 5.82. The molecule has 1 aliphatic carbocycles. The van der Waals surface area contributed by atoms with Crippen LogP contribution in [-0.4, -0.2) is 53.1 Å². The molecule has 120 valence electrons. The Morgan fingerprint density at radius 1 is 1.19 bits per heavy atom. The molecule has 1 aliphatic heterocycles. The van der Waals surface area contributed by atoms with E-state index in [1.165, 1.54) is 32.1 Å². The average Bonchev–Trinajstić information content (AvgIpc) is 2.47. The normalized spacial score (nSPS) is 27.4. The molecule has 1 N–H and O–H groups in total. The van der Waals surface area contributed by atoms with Gasteiger partial charge in [0.1, 0.15) is 6.04 Å². The maximum Gasteiger partial charge on any atom is 0.326 e. The Labute approximate surface area is 127 Å². The van der Waals surface area contributed by atoms with E-state index >= 15 is 0 Å². The van der Waals surface area contributed by atoms with E-state index in [-0.39, 0.29) is 6.03 Å². The van der Waals surface area contributed by atoms with Crippen LogP contribution in [0.5, 0.6) is 0 Å². The second kappa shape index (κ2) is 7.14. The lowest BCUT2D eigenvalue weighted by molar-refractivity contribution is -0.144. The average molecular weight is 296 g/mol. The van der Waals surface area contributed by atoms with Crippen molar-refractivity contribution in [2.45, 2.75) is 57.9 Å². The topological polar surface area (TPSA) is 60.9 Å². The van der Waals surface area contributed by atoms with E-state index in [0.717, 1.165) is 13.0 Å². The van der Waals surface area contributed by atoms with Gasteiger partial charge in [0.2, 0.25) is 0 Å². The summed E-state index contributed by atoms with van der Waals surface area (Å²) in [5.41, 5.74) is 0. The molecule has 0 aromatic carbocycles. The smallest absolute Gasteiger partial charge is 0.326 e. The third-order valence-corrected chi connectivity index (χ3v) is 4.98. The Balaban J connectivity index is 1.94. The highest BCUT2D eigenvalue weighted by atomic mass is 16.4. The predicted octanol–water partition coefficient (Wildman–Crippen LogP) is 2.80. The lowest BCUT2D eigenvalue weighted by Crippen LogP contribution is -2.54. The molecular weight excluding hydrogens is 268 g/mol. The van der Waals surface area contributed by atoms with E-state index in [1.54, 1.807) is 9.80 Å². The number of carboxylic acid groups (broad SMARTS) is 1. The van der Waals surface area contributed by atoms with Gasteiger partial charge in [-0.2, -0.15) is 0 Å². The first-order valence-corrected chi connectivity index (χ1v) is 8.23. The lowest BCUT2D eigenvalue weighted by Gasteiger charge is -2.39. The number of urea groups is 1. The van der Waals surface area contributed by atoms with Crippen molar-refractivity contribution in [3.63, 3.8) is 0 Å².